The number of carbonyl (C=O) groups is 2. The van der Waals surface area contributed by atoms with Gasteiger partial charge in [-0.25, -0.2) is 0 Å². The number of rotatable bonds is 4. The standard InChI is InChI=1S/C28H36O5S/c1-17-5-8-21(9-6-17)34(31,32)33-26-16-25-22(24-12-11-23(18(2)29)28(24,26)4)10-7-19-15-20(30)13-14-27(19,25)3/h5-6,8-9,15,22-26H,7,10-14,16H2,1-4H3. The quantitative estimate of drug-likeness (QED) is 0.534. The van der Waals surface area contributed by atoms with E-state index in [1.165, 1.54) is 5.57 Å². The van der Waals surface area contributed by atoms with Gasteiger partial charge in [0.25, 0.3) is 10.1 Å². The average Bonchev–Trinajstić information content (AvgIpc) is 3.14. The molecule has 5 nitrogen and oxygen atoms in total. The molecule has 7 unspecified atom stereocenters. The molecule has 0 amide bonds. The second kappa shape index (κ2) is 8.12. The molecule has 1 aromatic carbocycles. The van der Waals surface area contributed by atoms with Crippen molar-refractivity contribution in [1.29, 1.82) is 0 Å². The fourth-order valence-electron chi connectivity index (χ4n) is 8.22. The van der Waals surface area contributed by atoms with Gasteiger partial charge in [-0.15, -0.1) is 0 Å². The molecule has 0 radical (unpaired) electrons. The molecule has 0 N–H and O–H groups in total. The Balaban J connectivity index is 1.56. The first-order chi connectivity index (χ1) is 16.0. The van der Waals surface area contributed by atoms with Crippen LogP contribution in [0.25, 0.3) is 0 Å². The van der Waals surface area contributed by atoms with Gasteiger partial charge < -0.3 is 0 Å². The highest BCUT2D eigenvalue weighted by Gasteiger charge is 2.64. The minimum atomic E-state index is -3.98. The Morgan fingerprint density at radius 3 is 2.41 bits per heavy atom. The lowest BCUT2D eigenvalue weighted by atomic mass is 9.46. The van der Waals surface area contributed by atoms with Crippen molar-refractivity contribution in [1.82, 2.24) is 0 Å². The summed E-state index contributed by atoms with van der Waals surface area (Å²) < 4.78 is 33.0. The summed E-state index contributed by atoms with van der Waals surface area (Å²) in [6, 6.07) is 6.76. The summed E-state index contributed by atoms with van der Waals surface area (Å²) in [4.78, 5) is 25.1. The van der Waals surface area contributed by atoms with Crippen LogP contribution in [0.3, 0.4) is 0 Å². The van der Waals surface area contributed by atoms with Crippen LogP contribution in [0.15, 0.2) is 40.8 Å². The van der Waals surface area contributed by atoms with Gasteiger partial charge in [-0.1, -0.05) is 37.1 Å². The Morgan fingerprint density at radius 2 is 1.74 bits per heavy atom. The zero-order valence-corrected chi connectivity index (χ0v) is 21.5. The number of benzene rings is 1. The van der Waals surface area contributed by atoms with Gasteiger partial charge >= 0.3 is 0 Å². The first-order valence-electron chi connectivity index (χ1n) is 12.7. The van der Waals surface area contributed by atoms with E-state index >= 15 is 0 Å². The fraction of sp³-hybridized carbons (Fsp3) is 0.643. The van der Waals surface area contributed by atoms with Crippen LogP contribution in [0.4, 0.5) is 0 Å². The zero-order chi connectivity index (χ0) is 24.5. The Morgan fingerprint density at radius 1 is 1.03 bits per heavy atom. The van der Waals surface area contributed by atoms with Crippen molar-refractivity contribution < 1.29 is 22.2 Å². The maximum atomic E-state index is 13.4. The van der Waals surface area contributed by atoms with Crippen LogP contribution in [0.1, 0.15) is 71.3 Å². The molecule has 0 saturated heterocycles. The van der Waals surface area contributed by atoms with Crippen molar-refractivity contribution in [2.45, 2.75) is 83.6 Å². The van der Waals surface area contributed by atoms with Crippen molar-refractivity contribution in [2.24, 2.45) is 34.5 Å². The largest absolute Gasteiger partial charge is 0.300 e. The maximum Gasteiger partial charge on any atom is 0.297 e. The molecule has 184 valence electrons. The Bertz CT molecular complexity index is 1150. The minimum Gasteiger partial charge on any atom is -0.300 e. The smallest absolute Gasteiger partial charge is 0.297 e. The predicted octanol–water partition coefficient (Wildman–Crippen LogP) is 5.42. The van der Waals surface area contributed by atoms with Gasteiger partial charge in [-0.05, 0) is 93.7 Å². The van der Waals surface area contributed by atoms with Crippen molar-refractivity contribution in [3.63, 3.8) is 0 Å². The molecule has 3 saturated carbocycles. The van der Waals surface area contributed by atoms with E-state index in [0.29, 0.717) is 18.8 Å². The highest BCUT2D eigenvalue weighted by atomic mass is 32.2. The second-order valence-corrected chi connectivity index (χ2v) is 13.2. The number of ketones is 2. The first kappa shape index (κ1) is 23.9. The highest BCUT2D eigenvalue weighted by Crippen LogP contribution is 2.67. The van der Waals surface area contributed by atoms with Gasteiger partial charge in [-0.2, -0.15) is 8.42 Å². The van der Waals surface area contributed by atoms with Crippen LogP contribution in [0, 0.1) is 41.4 Å². The number of aryl methyl sites for hydroxylation is 1. The number of fused-ring (bicyclic) bond motifs is 5. The topological polar surface area (TPSA) is 77.5 Å². The lowest BCUT2D eigenvalue weighted by Crippen LogP contribution is -2.58. The molecule has 0 heterocycles. The molecule has 4 aliphatic rings. The number of hydrogen-bond acceptors (Lipinski definition) is 5. The summed E-state index contributed by atoms with van der Waals surface area (Å²) in [7, 11) is -3.98. The molecule has 3 fully saturated rings. The number of Topliss-reactive ketones (excluding diaryl/α,β-unsaturated/α-hetero) is 1. The molecule has 4 aliphatic carbocycles. The molecule has 7 atom stereocenters. The molecule has 0 bridgehead atoms. The van der Waals surface area contributed by atoms with Gasteiger partial charge in [0, 0.05) is 17.8 Å². The summed E-state index contributed by atoms with van der Waals surface area (Å²) >= 11 is 0. The Hall–Kier alpha value is -1.79. The lowest BCUT2D eigenvalue weighted by molar-refractivity contribution is -0.143. The third-order valence-electron chi connectivity index (χ3n) is 10.1. The molecule has 0 aliphatic heterocycles. The number of carbonyl (C=O) groups excluding carboxylic acids is 2. The van der Waals surface area contributed by atoms with Crippen LogP contribution < -0.4 is 0 Å². The van der Waals surface area contributed by atoms with Gasteiger partial charge in [-0.3, -0.25) is 13.8 Å². The van der Waals surface area contributed by atoms with E-state index in [0.717, 1.165) is 37.7 Å². The SMILES string of the molecule is CC(=O)C1CCC2C3CCC4=CC(=O)CCC4(C)C3CC(OS(=O)(=O)c3ccc(C)cc3)C12C. The van der Waals surface area contributed by atoms with Crippen LogP contribution in [0.2, 0.25) is 0 Å². The van der Waals surface area contributed by atoms with E-state index in [-0.39, 0.29) is 39.6 Å². The van der Waals surface area contributed by atoms with Crippen molar-refractivity contribution in [3.05, 3.63) is 41.5 Å². The van der Waals surface area contributed by atoms with E-state index in [1.54, 1.807) is 31.2 Å². The third-order valence-corrected chi connectivity index (χ3v) is 11.4. The third kappa shape index (κ3) is 3.55. The van der Waals surface area contributed by atoms with Gasteiger partial charge in [0.1, 0.15) is 5.78 Å². The number of hydrogen-bond donors (Lipinski definition) is 0. The molecule has 0 spiro atoms. The predicted molar refractivity (Wildman–Crippen MR) is 130 cm³/mol. The summed E-state index contributed by atoms with van der Waals surface area (Å²) in [5.74, 6) is 1.08. The van der Waals surface area contributed by atoms with Crippen molar-refractivity contribution >= 4 is 21.7 Å². The van der Waals surface area contributed by atoms with Crippen molar-refractivity contribution in [2.75, 3.05) is 0 Å². The van der Waals surface area contributed by atoms with Crippen LogP contribution in [-0.2, 0) is 23.9 Å². The van der Waals surface area contributed by atoms with Crippen LogP contribution in [-0.4, -0.2) is 26.1 Å². The van der Waals surface area contributed by atoms with E-state index in [9.17, 15) is 18.0 Å². The minimum absolute atomic E-state index is 0.109. The normalized spacial score (nSPS) is 39.6. The Labute approximate surface area is 203 Å². The first-order valence-corrected chi connectivity index (χ1v) is 14.1. The van der Waals surface area contributed by atoms with E-state index in [4.69, 9.17) is 4.18 Å². The maximum absolute atomic E-state index is 13.4. The summed E-state index contributed by atoms with van der Waals surface area (Å²) in [6.45, 7) is 7.95. The molecule has 0 aromatic heterocycles. The summed E-state index contributed by atoms with van der Waals surface area (Å²) in [5, 5.41) is 0. The van der Waals surface area contributed by atoms with Gasteiger partial charge in [0.15, 0.2) is 5.78 Å². The summed E-state index contributed by atoms with van der Waals surface area (Å²) in [6.07, 6.45) is 6.92. The molecule has 1 aromatic rings. The van der Waals surface area contributed by atoms with E-state index in [1.807, 2.05) is 13.0 Å². The van der Waals surface area contributed by atoms with Gasteiger partial charge in [0.2, 0.25) is 0 Å². The zero-order valence-electron chi connectivity index (χ0n) is 20.7. The van der Waals surface area contributed by atoms with Crippen LogP contribution >= 0.6 is 0 Å². The number of allylic oxidation sites excluding steroid dienone is 1. The van der Waals surface area contributed by atoms with Crippen LogP contribution in [0.5, 0.6) is 0 Å². The van der Waals surface area contributed by atoms with E-state index in [2.05, 4.69) is 13.8 Å². The van der Waals surface area contributed by atoms with Gasteiger partial charge in [0.05, 0.1) is 11.0 Å². The average molecular weight is 485 g/mol. The van der Waals surface area contributed by atoms with E-state index < -0.39 is 21.6 Å². The second-order valence-electron chi connectivity index (χ2n) is 11.7. The Kier molecular flexibility index (Phi) is 5.72. The fourth-order valence-corrected chi connectivity index (χ4v) is 9.39. The molecule has 5 rings (SSSR count). The molecule has 6 heteroatoms. The lowest BCUT2D eigenvalue weighted by Gasteiger charge is -2.60. The molecule has 34 heavy (non-hydrogen) atoms. The monoisotopic (exact) mass is 484 g/mol. The highest BCUT2D eigenvalue weighted by molar-refractivity contribution is 7.86. The molecular weight excluding hydrogens is 448 g/mol. The summed E-state index contributed by atoms with van der Waals surface area (Å²) in [5.41, 5.74) is 1.60. The van der Waals surface area contributed by atoms with Crippen molar-refractivity contribution in [3.8, 4) is 0 Å². The molecular formula is C28H36O5S.